The zero-order valence-corrected chi connectivity index (χ0v) is 19.0. The van der Waals surface area contributed by atoms with Crippen molar-refractivity contribution < 1.29 is 16.4 Å². The van der Waals surface area contributed by atoms with Crippen molar-refractivity contribution >= 4 is 5.95 Å². The Morgan fingerprint density at radius 1 is 1.26 bits per heavy atom. The highest BCUT2D eigenvalue weighted by Crippen LogP contribution is 2.47. The number of alkyl halides is 1. The standard InChI is InChI=1S/C23H28FN9O/c1-22-8-9-23(2,30-22)19(24)17(11-22)33(14-5-6-14)21-25-12-16(26-28-21)15-7-4-13(10-18(15)34)20-27-31-32(3)29-20/h4,7,10,12,14,17,19,30,34H,5-6,8-9,11H2,1-3H3/t17-,19-,22-,23+/m0/s1/i5D2,6D2,14D. The molecule has 1 aliphatic carbocycles. The van der Waals surface area contributed by atoms with Gasteiger partial charge >= 0.3 is 0 Å². The van der Waals surface area contributed by atoms with E-state index >= 15 is 4.39 Å². The average molecular weight is 471 g/mol. The van der Waals surface area contributed by atoms with Gasteiger partial charge in [0.05, 0.1) is 20.7 Å². The number of hydrogen-bond acceptors (Lipinski definition) is 9. The van der Waals surface area contributed by atoms with Crippen LogP contribution in [0.1, 0.15) is 52.7 Å². The van der Waals surface area contributed by atoms with Gasteiger partial charge in [-0.05, 0) is 63.2 Å². The molecule has 6 rings (SSSR count). The van der Waals surface area contributed by atoms with Crippen molar-refractivity contribution in [3.63, 3.8) is 0 Å². The maximum absolute atomic E-state index is 16.1. The van der Waals surface area contributed by atoms with Gasteiger partial charge in [0.25, 0.3) is 0 Å². The molecule has 2 bridgehead atoms. The van der Waals surface area contributed by atoms with E-state index in [0.717, 1.165) is 4.90 Å². The Labute approximate surface area is 203 Å². The van der Waals surface area contributed by atoms with Crippen molar-refractivity contribution in [2.45, 2.75) is 75.2 Å². The van der Waals surface area contributed by atoms with Gasteiger partial charge in [0, 0.05) is 33.7 Å². The van der Waals surface area contributed by atoms with E-state index in [4.69, 9.17) is 6.85 Å². The third kappa shape index (κ3) is 3.49. The number of nitrogens with zero attached hydrogens (tertiary/aromatic N) is 8. The molecule has 0 amide bonds. The van der Waals surface area contributed by atoms with Crippen molar-refractivity contribution in [2.24, 2.45) is 7.05 Å². The molecule has 4 atom stereocenters. The number of benzene rings is 1. The number of tetrazole rings is 1. The van der Waals surface area contributed by atoms with Crippen LogP contribution in [0.3, 0.4) is 0 Å². The zero-order chi connectivity index (χ0) is 28.2. The first-order valence-corrected chi connectivity index (χ1v) is 11.1. The van der Waals surface area contributed by atoms with Crippen LogP contribution in [-0.4, -0.2) is 69.8 Å². The van der Waals surface area contributed by atoms with E-state index in [2.05, 4.69) is 35.9 Å². The topological polar surface area (TPSA) is 118 Å². The summed E-state index contributed by atoms with van der Waals surface area (Å²) in [7, 11) is 1.62. The second-order valence-corrected chi connectivity index (χ2v) is 9.72. The summed E-state index contributed by atoms with van der Waals surface area (Å²) in [5, 5.41) is 34.1. The summed E-state index contributed by atoms with van der Waals surface area (Å²) >= 11 is 0. The lowest BCUT2D eigenvalue weighted by molar-refractivity contribution is 0.0828. The molecule has 3 aliphatic rings. The lowest BCUT2D eigenvalue weighted by Crippen LogP contribution is -2.66. The van der Waals surface area contributed by atoms with Crippen LogP contribution in [-0.2, 0) is 7.05 Å². The molecule has 178 valence electrons. The number of nitrogens with one attached hydrogen (secondary N) is 1. The molecule has 10 nitrogen and oxygen atoms in total. The Bertz CT molecular complexity index is 1440. The predicted molar refractivity (Wildman–Crippen MR) is 123 cm³/mol. The second-order valence-electron chi connectivity index (χ2n) is 9.72. The molecule has 0 unspecified atom stereocenters. The van der Waals surface area contributed by atoms with E-state index in [0.29, 0.717) is 29.8 Å². The van der Waals surface area contributed by atoms with Crippen LogP contribution < -0.4 is 10.2 Å². The van der Waals surface area contributed by atoms with Gasteiger partial charge in [-0.2, -0.15) is 4.80 Å². The molecule has 2 N–H and O–H groups in total. The zero-order valence-electron chi connectivity index (χ0n) is 24.0. The summed E-state index contributed by atoms with van der Waals surface area (Å²) < 4.78 is 58.2. The number of fused-ring (bicyclic) bond motifs is 2. The number of aromatic nitrogens is 7. The summed E-state index contributed by atoms with van der Waals surface area (Å²) in [6.45, 7) is 3.71. The van der Waals surface area contributed by atoms with E-state index in [9.17, 15) is 5.11 Å². The molecule has 2 aliphatic heterocycles. The number of rotatable bonds is 5. The lowest BCUT2D eigenvalue weighted by atomic mass is 9.82. The summed E-state index contributed by atoms with van der Waals surface area (Å²) in [5.74, 6) is -0.0746. The molecule has 34 heavy (non-hydrogen) atoms. The van der Waals surface area contributed by atoms with Crippen LogP contribution in [0.4, 0.5) is 10.3 Å². The monoisotopic (exact) mass is 470 g/mol. The SMILES string of the molecule is [2H]C1([2H])C([2H])([2H])C1([2H])N(c1ncc(-c2ccc(-c3nnn(C)n3)cc2O)nn1)[C@H]1C[C@]2(C)CC[C@@](C)(N2)[C@H]1F. The van der Waals surface area contributed by atoms with Crippen LogP contribution in [0.15, 0.2) is 24.4 Å². The van der Waals surface area contributed by atoms with E-state index in [1.807, 2.05) is 6.92 Å². The Morgan fingerprint density at radius 3 is 2.74 bits per heavy atom. The fraction of sp³-hybridized carbons (Fsp3) is 0.565. The Balaban J connectivity index is 1.38. The molecule has 2 aromatic heterocycles. The minimum atomic E-state index is -2.60. The van der Waals surface area contributed by atoms with Crippen molar-refractivity contribution in [1.82, 2.24) is 40.7 Å². The van der Waals surface area contributed by atoms with Gasteiger partial charge in [-0.15, -0.1) is 20.4 Å². The molecular formula is C23H28FN9O. The van der Waals surface area contributed by atoms with E-state index in [-0.39, 0.29) is 23.8 Å². The van der Waals surface area contributed by atoms with Gasteiger partial charge in [0.15, 0.2) is 0 Å². The molecule has 0 spiro atoms. The van der Waals surface area contributed by atoms with Gasteiger partial charge in [0.2, 0.25) is 11.8 Å². The number of piperidine rings is 1. The smallest absolute Gasteiger partial charge is 0.245 e. The van der Waals surface area contributed by atoms with Crippen LogP contribution in [0.25, 0.3) is 22.6 Å². The molecule has 1 aromatic carbocycles. The normalized spacial score (nSPS) is 36.5. The summed E-state index contributed by atoms with van der Waals surface area (Å²) in [6.07, 6.45) is -4.01. The predicted octanol–water partition coefficient (Wildman–Crippen LogP) is 2.41. The molecule has 0 radical (unpaired) electrons. The fourth-order valence-corrected chi connectivity index (χ4v) is 5.27. The van der Waals surface area contributed by atoms with Gasteiger partial charge in [-0.1, -0.05) is 6.07 Å². The van der Waals surface area contributed by atoms with E-state index < -0.39 is 42.1 Å². The van der Waals surface area contributed by atoms with Crippen LogP contribution in [0.2, 0.25) is 0 Å². The number of phenolic OH excluding ortho intramolecular Hbond substituents is 1. The minimum Gasteiger partial charge on any atom is -0.507 e. The molecule has 3 fully saturated rings. The highest BCUT2D eigenvalue weighted by molar-refractivity contribution is 5.71. The molecule has 11 heteroatoms. The number of halogens is 1. The summed E-state index contributed by atoms with van der Waals surface area (Å²) in [6, 6.07) is 1.17. The highest BCUT2D eigenvalue weighted by atomic mass is 19.1. The Hall–Kier alpha value is -3.21. The van der Waals surface area contributed by atoms with Gasteiger partial charge < -0.3 is 15.3 Å². The third-order valence-corrected chi connectivity index (χ3v) is 7.00. The number of aryl methyl sites for hydroxylation is 1. The van der Waals surface area contributed by atoms with Crippen molar-refractivity contribution in [2.75, 3.05) is 4.90 Å². The second kappa shape index (κ2) is 7.39. The van der Waals surface area contributed by atoms with Gasteiger partial charge in [0.1, 0.15) is 17.6 Å². The molecular weight excluding hydrogens is 437 g/mol. The highest BCUT2D eigenvalue weighted by Gasteiger charge is 2.58. The molecule has 4 heterocycles. The third-order valence-electron chi connectivity index (χ3n) is 7.00. The number of hydrogen-bond donors (Lipinski definition) is 2. The maximum atomic E-state index is 16.1. The van der Waals surface area contributed by atoms with Gasteiger partial charge in [-0.25, -0.2) is 9.37 Å². The summed E-state index contributed by atoms with van der Waals surface area (Å²) in [5.41, 5.74) is -0.388. The maximum Gasteiger partial charge on any atom is 0.245 e. The summed E-state index contributed by atoms with van der Waals surface area (Å²) in [4.78, 5) is 6.65. The van der Waals surface area contributed by atoms with Crippen LogP contribution in [0.5, 0.6) is 5.75 Å². The van der Waals surface area contributed by atoms with E-state index in [1.54, 1.807) is 26.1 Å². The minimum absolute atomic E-state index is 0.146. The first kappa shape index (κ1) is 16.4. The van der Waals surface area contributed by atoms with Crippen molar-refractivity contribution in [3.8, 4) is 28.4 Å². The Kier molecular flexibility index (Phi) is 3.57. The number of anilines is 1. The average Bonchev–Trinajstić information content (AvgIpc) is 3.28. The number of aromatic hydroxyl groups is 1. The quantitative estimate of drug-likeness (QED) is 0.579. The lowest BCUT2D eigenvalue weighted by Gasteiger charge is -2.48. The van der Waals surface area contributed by atoms with Gasteiger partial charge in [-0.3, -0.25) is 0 Å². The van der Waals surface area contributed by atoms with E-state index in [1.165, 1.54) is 17.1 Å². The largest absolute Gasteiger partial charge is 0.507 e. The first-order valence-electron chi connectivity index (χ1n) is 13.6. The first-order chi connectivity index (χ1) is 18.1. The Morgan fingerprint density at radius 2 is 2.09 bits per heavy atom. The molecule has 1 saturated carbocycles. The fourth-order valence-electron chi connectivity index (χ4n) is 5.27. The van der Waals surface area contributed by atoms with Crippen LogP contribution >= 0.6 is 0 Å². The van der Waals surface area contributed by atoms with Crippen LogP contribution in [0, 0.1) is 0 Å². The number of phenols is 1. The van der Waals surface area contributed by atoms with Crippen molar-refractivity contribution in [1.29, 1.82) is 0 Å². The van der Waals surface area contributed by atoms with Crippen molar-refractivity contribution in [3.05, 3.63) is 24.4 Å². The molecule has 3 aromatic rings. The molecule has 2 saturated heterocycles.